The van der Waals surface area contributed by atoms with Crippen LogP contribution in [-0.2, 0) is 4.74 Å². The van der Waals surface area contributed by atoms with E-state index in [-0.39, 0.29) is 0 Å². The summed E-state index contributed by atoms with van der Waals surface area (Å²) in [5.41, 5.74) is 5.34. The number of rotatable bonds is 3. The molecule has 0 bridgehead atoms. The molecule has 3 nitrogen and oxygen atoms in total. The Morgan fingerprint density at radius 2 is 1.10 bits per heavy atom. The van der Waals surface area contributed by atoms with Crippen LogP contribution in [0.5, 0.6) is 0 Å². The molecule has 1 aliphatic rings. The summed E-state index contributed by atoms with van der Waals surface area (Å²) in [6.45, 7) is 0. The largest absolute Gasteiger partial charge is 0.424 e. The van der Waals surface area contributed by atoms with E-state index in [0.29, 0.717) is 5.76 Å². The van der Waals surface area contributed by atoms with E-state index < -0.39 is 6.09 Å². The van der Waals surface area contributed by atoms with Gasteiger partial charge in [0.25, 0.3) is 0 Å². The zero-order valence-electron chi connectivity index (χ0n) is 16.2. The normalized spacial score (nSPS) is 12.9. The minimum atomic E-state index is -0.417. The third-order valence-corrected chi connectivity index (χ3v) is 5.13. The van der Waals surface area contributed by atoms with Crippen LogP contribution in [0.15, 0.2) is 115 Å². The third kappa shape index (κ3) is 3.16. The quantitative estimate of drug-likeness (QED) is 0.382. The van der Waals surface area contributed by atoms with Gasteiger partial charge >= 0.3 is 6.09 Å². The first kappa shape index (κ1) is 18.0. The Kier molecular flexibility index (Phi) is 4.62. The van der Waals surface area contributed by atoms with Gasteiger partial charge in [0.2, 0.25) is 0 Å². The fraction of sp³-hybridized carbons (Fsp3) is 0. The number of anilines is 2. The number of ether oxygens (including phenoxy) is 1. The van der Waals surface area contributed by atoms with Crippen LogP contribution in [0.25, 0.3) is 11.3 Å². The van der Waals surface area contributed by atoms with Crippen molar-refractivity contribution in [3.63, 3.8) is 0 Å². The van der Waals surface area contributed by atoms with Crippen molar-refractivity contribution in [2.45, 2.75) is 0 Å². The van der Waals surface area contributed by atoms with Crippen molar-refractivity contribution in [3.8, 4) is 0 Å². The van der Waals surface area contributed by atoms with E-state index in [2.05, 4.69) is 0 Å². The van der Waals surface area contributed by atoms with Crippen LogP contribution in [0.1, 0.15) is 16.7 Å². The van der Waals surface area contributed by atoms with Crippen LogP contribution in [-0.4, -0.2) is 6.09 Å². The molecule has 0 saturated carbocycles. The fourth-order valence-electron chi connectivity index (χ4n) is 3.79. The molecule has 0 radical (unpaired) electrons. The lowest BCUT2D eigenvalue weighted by atomic mass is 9.93. The average molecular weight is 389 g/mol. The number of fused-ring (bicyclic) bond motifs is 1. The molecule has 1 amide bonds. The summed E-state index contributed by atoms with van der Waals surface area (Å²) in [5.74, 6) is 0.570. The minimum absolute atomic E-state index is 0.417. The second-order valence-electron chi connectivity index (χ2n) is 6.99. The van der Waals surface area contributed by atoms with E-state index in [4.69, 9.17) is 4.74 Å². The second-order valence-corrected chi connectivity index (χ2v) is 6.99. The molecule has 0 aromatic heterocycles. The molecule has 1 aliphatic heterocycles. The van der Waals surface area contributed by atoms with Gasteiger partial charge in [-0.15, -0.1) is 0 Å². The lowest BCUT2D eigenvalue weighted by Gasteiger charge is -2.31. The summed E-state index contributed by atoms with van der Waals surface area (Å²) in [6, 6.07) is 37.5. The fourth-order valence-corrected chi connectivity index (χ4v) is 3.79. The molecule has 4 aromatic rings. The highest BCUT2D eigenvalue weighted by molar-refractivity contribution is 6.10. The van der Waals surface area contributed by atoms with Crippen molar-refractivity contribution < 1.29 is 9.53 Å². The van der Waals surface area contributed by atoms with Crippen LogP contribution in [0.3, 0.4) is 0 Å². The molecule has 0 fully saturated rings. The van der Waals surface area contributed by atoms with Crippen LogP contribution < -0.4 is 4.90 Å². The Hall–Kier alpha value is -4.11. The van der Waals surface area contributed by atoms with Crippen molar-refractivity contribution in [1.29, 1.82) is 0 Å². The predicted molar refractivity (Wildman–Crippen MR) is 120 cm³/mol. The summed E-state index contributed by atoms with van der Waals surface area (Å²) in [4.78, 5) is 14.8. The smallest absolute Gasteiger partial charge is 0.408 e. The van der Waals surface area contributed by atoms with E-state index in [1.165, 1.54) is 0 Å². The van der Waals surface area contributed by atoms with Crippen LogP contribution in [0.2, 0.25) is 0 Å². The predicted octanol–water partition coefficient (Wildman–Crippen LogP) is 6.89. The molecule has 0 atom stereocenters. The van der Waals surface area contributed by atoms with Crippen molar-refractivity contribution in [1.82, 2.24) is 0 Å². The van der Waals surface area contributed by atoms with E-state index >= 15 is 0 Å². The summed E-state index contributed by atoms with van der Waals surface area (Å²) in [7, 11) is 0. The number of carbonyl (C=O) groups is 1. The zero-order chi connectivity index (χ0) is 20.3. The zero-order valence-corrected chi connectivity index (χ0v) is 16.2. The first-order valence-corrected chi connectivity index (χ1v) is 9.84. The molecule has 0 aliphatic carbocycles. The average Bonchev–Trinajstić information content (AvgIpc) is 2.81. The number of cyclic esters (lactones) is 1. The molecule has 0 unspecified atom stereocenters. The third-order valence-electron chi connectivity index (χ3n) is 5.13. The van der Waals surface area contributed by atoms with E-state index in [1.807, 2.05) is 115 Å². The first-order valence-electron chi connectivity index (χ1n) is 9.84. The number of carbonyl (C=O) groups excluding carboxylic acids is 1. The number of benzene rings is 4. The second kappa shape index (κ2) is 7.72. The van der Waals surface area contributed by atoms with Gasteiger partial charge in [0, 0.05) is 11.1 Å². The molecule has 0 spiro atoms. The first-order chi connectivity index (χ1) is 14.8. The Balaban J connectivity index is 1.78. The highest BCUT2D eigenvalue weighted by Crippen LogP contribution is 2.43. The molecule has 5 rings (SSSR count). The molecule has 4 aromatic carbocycles. The highest BCUT2D eigenvalue weighted by atomic mass is 16.6. The molecule has 0 saturated heterocycles. The van der Waals surface area contributed by atoms with Crippen molar-refractivity contribution in [2.24, 2.45) is 0 Å². The molecular formula is C27H19NO2. The van der Waals surface area contributed by atoms with Gasteiger partial charge < -0.3 is 4.74 Å². The minimum Gasteiger partial charge on any atom is -0.408 e. The molecule has 30 heavy (non-hydrogen) atoms. The van der Waals surface area contributed by atoms with Gasteiger partial charge in [-0.05, 0) is 35.4 Å². The van der Waals surface area contributed by atoms with E-state index in [9.17, 15) is 4.79 Å². The number of nitrogens with zero attached hydrogens (tertiary/aromatic N) is 1. The molecule has 0 N–H and O–H groups in total. The lowest BCUT2D eigenvalue weighted by Crippen LogP contribution is -2.31. The van der Waals surface area contributed by atoms with Gasteiger partial charge in [-0.3, -0.25) is 0 Å². The molecular weight excluding hydrogens is 370 g/mol. The highest BCUT2D eigenvalue weighted by Gasteiger charge is 2.32. The van der Waals surface area contributed by atoms with Crippen LogP contribution in [0.4, 0.5) is 16.2 Å². The summed E-state index contributed by atoms with van der Waals surface area (Å²) < 4.78 is 6.02. The summed E-state index contributed by atoms with van der Waals surface area (Å²) >= 11 is 0. The molecule has 1 heterocycles. The van der Waals surface area contributed by atoms with Crippen LogP contribution >= 0.6 is 0 Å². The summed E-state index contributed by atoms with van der Waals surface area (Å²) in [6.07, 6.45) is -0.417. The van der Waals surface area contributed by atoms with E-state index in [0.717, 1.165) is 33.6 Å². The van der Waals surface area contributed by atoms with Gasteiger partial charge in [-0.2, -0.15) is 0 Å². The molecule has 144 valence electrons. The number of amides is 1. The number of hydrogen-bond acceptors (Lipinski definition) is 2. The van der Waals surface area contributed by atoms with Crippen molar-refractivity contribution >= 4 is 28.8 Å². The van der Waals surface area contributed by atoms with Crippen LogP contribution in [0, 0.1) is 0 Å². The topological polar surface area (TPSA) is 29.5 Å². The van der Waals surface area contributed by atoms with E-state index in [1.54, 1.807) is 4.90 Å². The lowest BCUT2D eigenvalue weighted by molar-refractivity contribution is 0.200. The van der Waals surface area contributed by atoms with Crippen molar-refractivity contribution in [2.75, 3.05) is 4.90 Å². The standard InChI is InChI=1S/C27H19NO2/c29-27-28(22-16-8-3-9-17-22)24-19-11-10-18-23(24)26(30-27)25(20-12-4-1-5-13-20)21-14-6-2-7-15-21/h1-19H. The Morgan fingerprint density at radius 1 is 0.600 bits per heavy atom. The van der Waals surface area contributed by atoms with Gasteiger partial charge in [0.05, 0.1) is 11.4 Å². The monoisotopic (exact) mass is 389 g/mol. The number of hydrogen-bond donors (Lipinski definition) is 0. The number of para-hydroxylation sites is 2. The van der Waals surface area contributed by atoms with Gasteiger partial charge in [-0.1, -0.05) is 91.0 Å². The van der Waals surface area contributed by atoms with Gasteiger partial charge in [-0.25, -0.2) is 9.69 Å². The SMILES string of the molecule is O=C1OC(=C(c2ccccc2)c2ccccc2)c2ccccc2N1c1ccccc1. The maximum atomic E-state index is 13.2. The van der Waals surface area contributed by atoms with Gasteiger partial charge in [0.15, 0.2) is 5.76 Å². The Morgan fingerprint density at radius 3 is 1.70 bits per heavy atom. The van der Waals surface area contributed by atoms with Crippen molar-refractivity contribution in [3.05, 3.63) is 132 Å². The Bertz CT molecular complexity index is 1170. The Labute approximate surface area is 175 Å². The van der Waals surface area contributed by atoms with Gasteiger partial charge in [0.1, 0.15) is 0 Å². The summed E-state index contributed by atoms with van der Waals surface area (Å²) in [5, 5.41) is 0. The molecule has 3 heteroatoms. The maximum absolute atomic E-state index is 13.2. The maximum Gasteiger partial charge on any atom is 0.424 e.